The summed E-state index contributed by atoms with van der Waals surface area (Å²) in [5.41, 5.74) is 2.88. The molecule has 0 bridgehead atoms. The lowest BCUT2D eigenvalue weighted by Gasteiger charge is -2.01. The zero-order valence-electron chi connectivity index (χ0n) is 11.9. The zero-order chi connectivity index (χ0) is 14.0. The molecular formula is C16H23NO. The van der Waals surface area contributed by atoms with Gasteiger partial charge in [-0.15, -0.1) is 0 Å². The van der Waals surface area contributed by atoms with Crippen LogP contribution in [0.25, 0.3) is 11.1 Å². The van der Waals surface area contributed by atoms with Crippen molar-refractivity contribution >= 4 is 0 Å². The fraction of sp³-hybridized carbons (Fsp3) is 0.312. The van der Waals surface area contributed by atoms with E-state index < -0.39 is 0 Å². The molecule has 2 rings (SSSR count). The Hall–Kier alpha value is -1.83. The first-order chi connectivity index (χ1) is 8.77. The average molecular weight is 245 g/mol. The van der Waals surface area contributed by atoms with Crippen molar-refractivity contribution in [1.29, 1.82) is 0 Å². The van der Waals surface area contributed by atoms with Crippen molar-refractivity contribution in [2.75, 3.05) is 0 Å². The maximum Gasteiger partial charge on any atom is 0.250 e. The summed E-state index contributed by atoms with van der Waals surface area (Å²) in [7, 11) is 0. The van der Waals surface area contributed by atoms with Crippen molar-refractivity contribution in [3.8, 4) is 11.1 Å². The molecule has 0 amide bonds. The topological polar surface area (TPSA) is 32.9 Å². The van der Waals surface area contributed by atoms with Gasteiger partial charge in [-0.05, 0) is 24.1 Å². The lowest BCUT2D eigenvalue weighted by molar-refractivity contribution is 1.18. The van der Waals surface area contributed by atoms with Gasteiger partial charge in [0.15, 0.2) is 0 Å². The summed E-state index contributed by atoms with van der Waals surface area (Å²) < 4.78 is 0. The van der Waals surface area contributed by atoms with Gasteiger partial charge in [-0.3, -0.25) is 4.79 Å². The van der Waals surface area contributed by atoms with Gasteiger partial charge in [0.1, 0.15) is 0 Å². The lowest BCUT2D eigenvalue weighted by atomic mass is 10.1. The highest BCUT2D eigenvalue weighted by Gasteiger charge is 1.98. The summed E-state index contributed by atoms with van der Waals surface area (Å²) in [6.07, 6.45) is 1.74. The van der Waals surface area contributed by atoms with Gasteiger partial charge in [-0.25, -0.2) is 0 Å². The van der Waals surface area contributed by atoms with E-state index in [4.69, 9.17) is 0 Å². The van der Waals surface area contributed by atoms with Crippen LogP contribution in [-0.4, -0.2) is 4.98 Å². The van der Waals surface area contributed by atoms with Crippen molar-refractivity contribution in [1.82, 2.24) is 4.98 Å². The van der Waals surface area contributed by atoms with Crippen molar-refractivity contribution in [2.24, 2.45) is 0 Å². The SMILES string of the molecule is CC.CC.Cc1cc(-c2ccccc2)c[nH]c1=O. The van der Waals surface area contributed by atoms with E-state index in [1.54, 1.807) is 6.20 Å². The number of nitrogens with one attached hydrogen (secondary N) is 1. The standard InChI is InChI=1S/C12H11NO.2C2H6/c1-9-7-11(8-13-12(9)14)10-5-3-2-4-6-10;2*1-2/h2-8H,1H3,(H,13,14);2*1-2H3. The van der Waals surface area contributed by atoms with Gasteiger partial charge < -0.3 is 4.98 Å². The van der Waals surface area contributed by atoms with E-state index in [1.165, 1.54) is 0 Å². The molecule has 2 heteroatoms. The molecule has 1 aromatic heterocycles. The lowest BCUT2D eigenvalue weighted by Crippen LogP contribution is -2.07. The Kier molecular flexibility index (Phi) is 8.29. The third-order valence-corrected chi connectivity index (χ3v) is 2.20. The number of pyridine rings is 1. The maximum atomic E-state index is 11.1. The molecule has 1 N–H and O–H groups in total. The second-order valence-electron chi connectivity index (χ2n) is 3.27. The number of aromatic nitrogens is 1. The van der Waals surface area contributed by atoms with Gasteiger partial charge in [-0.1, -0.05) is 58.0 Å². The summed E-state index contributed by atoms with van der Waals surface area (Å²) in [5.74, 6) is 0. The van der Waals surface area contributed by atoms with Gasteiger partial charge in [0, 0.05) is 11.8 Å². The fourth-order valence-electron chi connectivity index (χ4n) is 1.39. The highest BCUT2D eigenvalue weighted by molar-refractivity contribution is 5.62. The van der Waals surface area contributed by atoms with Crippen molar-refractivity contribution < 1.29 is 0 Å². The number of H-pyrrole nitrogens is 1. The van der Waals surface area contributed by atoms with Crippen molar-refractivity contribution in [3.05, 3.63) is 58.5 Å². The molecule has 0 saturated carbocycles. The molecule has 0 aliphatic heterocycles. The summed E-state index contributed by atoms with van der Waals surface area (Å²) >= 11 is 0. The van der Waals surface area contributed by atoms with Crippen molar-refractivity contribution in [3.63, 3.8) is 0 Å². The van der Waals surface area contributed by atoms with Crippen LogP contribution in [0.3, 0.4) is 0 Å². The summed E-state index contributed by atoms with van der Waals surface area (Å²) in [6.45, 7) is 9.81. The van der Waals surface area contributed by atoms with Crippen LogP contribution in [0.2, 0.25) is 0 Å². The van der Waals surface area contributed by atoms with Crippen LogP contribution >= 0.6 is 0 Å². The summed E-state index contributed by atoms with van der Waals surface area (Å²) in [5, 5.41) is 0. The van der Waals surface area contributed by atoms with Gasteiger partial charge in [0.2, 0.25) is 0 Å². The normalized spacial score (nSPS) is 8.50. The van der Waals surface area contributed by atoms with Crippen LogP contribution in [0.4, 0.5) is 0 Å². The van der Waals surface area contributed by atoms with Gasteiger partial charge in [0.05, 0.1) is 0 Å². The number of aromatic amines is 1. The third-order valence-electron chi connectivity index (χ3n) is 2.20. The highest BCUT2D eigenvalue weighted by atomic mass is 16.1. The fourth-order valence-corrected chi connectivity index (χ4v) is 1.39. The first-order valence-electron chi connectivity index (χ1n) is 6.52. The van der Waals surface area contributed by atoms with E-state index in [9.17, 15) is 4.79 Å². The second kappa shape index (κ2) is 9.23. The summed E-state index contributed by atoms with van der Waals surface area (Å²) in [6, 6.07) is 11.9. The predicted molar refractivity (Wildman–Crippen MR) is 79.9 cm³/mol. The van der Waals surface area contributed by atoms with E-state index in [2.05, 4.69) is 4.98 Å². The van der Waals surface area contributed by atoms with Crippen LogP contribution in [0.1, 0.15) is 33.3 Å². The smallest absolute Gasteiger partial charge is 0.250 e. The minimum absolute atomic E-state index is 0.0234. The Morgan fingerprint density at radius 3 is 1.94 bits per heavy atom. The van der Waals surface area contributed by atoms with E-state index in [1.807, 2.05) is 71.0 Å². The first-order valence-corrected chi connectivity index (χ1v) is 6.52. The molecule has 2 nitrogen and oxygen atoms in total. The second-order valence-corrected chi connectivity index (χ2v) is 3.27. The summed E-state index contributed by atoms with van der Waals surface area (Å²) in [4.78, 5) is 13.9. The predicted octanol–water partition coefficient (Wildman–Crippen LogP) is 4.40. The molecule has 0 unspecified atom stereocenters. The van der Waals surface area contributed by atoms with Crippen LogP contribution < -0.4 is 5.56 Å². The monoisotopic (exact) mass is 245 g/mol. The molecular weight excluding hydrogens is 222 g/mol. The maximum absolute atomic E-state index is 11.1. The number of rotatable bonds is 1. The Balaban J connectivity index is 0.000000659. The first kappa shape index (κ1) is 16.2. The van der Waals surface area contributed by atoms with E-state index in [-0.39, 0.29) is 5.56 Å². The molecule has 0 aliphatic rings. The minimum Gasteiger partial charge on any atom is -0.328 e. The Labute approximate surface area is 110 Å². The Morgan fingerprint density at radius 2 is 1.44 bits per heavy atom. The third kappa shape index (κ3) is 4.58. The van der Waals surface area contributed by atoms with Crippen LogP contribution in [0.15, 0.2) is 47.4 Å². The molecule has 98 valence electrons. The van der Waals surface area contributed by atoms with Gasteiger partial charge in [-0.2, -0.15) is 0 Å². The average Bonchev–Trinajstić information content (AvgIpc) is 2.47. The molecule has 0 spiro atoms. The van der Waals surface area contributed by atoms with E-state index in [0.29, 0.717) is 0 Å². The molecule has 2 aromatic rings. The quantitative estimate of drug-likeness (QED) is 0.793. The zero-order valence-corrected chi connectivity index (χ0v) is 11.9. The Bertz CT molecular complexity index is 486. The van der Waals surface area contributed by atoms with E-state index >= 15 is 0 Å². The molecule has 0 atom stereocenters. The number of benzene rings is 1. The largest absolute Gasteiger partial charge is 0.328 e. The Morgan fingerprint density at radius 1 is 0.889 bits per heavy atom. The van der Waals surface area contributed by atoms with Crippen molar-refractivity contribution in [2.45, 2.75) is 34.6 Å². The molecule has 0 saturated heterocycles. The van der Waals surface area contributed by atoms with E-state index in [0.717, 1.165) is 16.7 Å². The molecule has 1 heterocycles. The molecule has 0 radical (unpaired) electrons. The number of hydrogen-bond acceptors (Lipinski definition) is 1. The molecule has 0 fully saturated rings. The van der Waals surface area contributed by atoms with Crippen LogP contribution in [-0.2, 0) is 0 Å². The molecule has 0 aliphatic carbocycles. The van der Waals surface area contributed by atoms with Crippen LogP contribution in [0.5, 0.6) is 0 Å². The van der Waals surface area contributed by atoms with Gasteiger partial charge in [0.25, 0.3) is 5.56 Å². The number of aryl methyl sites for hydroxylation is 1. The van der Waals surface area contributed by atoms with Gasteiger partial charge >= 0.3 is 0 Å². The van der Waals surface area contributed by atoms with Crippen LogP contribution in [0, 0.1) is 6.92 Å². The molecule has 18 heavy (non-hydrogen) atoms. The minimum atomic E-state index is -0.0234. The highest BCUT2D eigenvalue weighted by Crippen LogP contribution is 2.16. The number of hydrogen-bond donors (Lipinski definition) is 1. The molecule has 1 aromatic carbocycles.